The van der Waals surface area contributed by atoms with Gasteiger partial charge < -0.3 is 9.22 Å². The standard InChI is InChI=1S/C26H34NO3.Y/c1-4-30-26(29)23-14-9-15-27(18-23,17-22-12-6-5-7-13-22)19-24(28)16-25-20(2)10-8-11-21(25)3;/h5-8,10-13,23H,4,9,14-19H2,1-3H3;/q+1;. The van der Waals surface area contributed by atoms with Gasteiger partial charge in [-0.1, -0.05) is 48.5 Å². The number of ketones is 1. The fourth-order valence-corrected chi connectivity index (χ4v) is 4.84. The second-order valence-electron chi connectivity index (χ2n) is 8.73. The van der Waals surface area contributed by atoms with Crippen LogP contribution < -0.4 is 0 Å². The second kappa shape index (κ2) is 12.0. The van der Waals surface area contributed by atoms with E-state index in [0.717, 1.165) is 31.5 Å². The SMILES string of the molecule is CCOC(=O)C1CCC[N+](CC(=O)Cc2c(C)cccc2C)(Cc2ccccc2)C1.[Y]. The van der Waals surface area contributed by atoms with Gasteiger partial charge in [-0.3, -0.25) is 9.59 Å². The molecule has 5 heteroatoms. The number of nitrogens with zero attached hydrogens (tertiary/aromatic N) is 1. The Balaban J connectivity index is 0.00000341. The number of esters is 1. The Labute approximate surface area is 211 Å². The van der Waals surface area contributed by atoms with Crippen LogP contribution in [0.15, 0.2) is 48.5 Å². The minimum absolute atomic E-state index is 0. The van der Waals surface area contributed by atoms with Gasteiger partial charge in [0.25, 0.3) is 0 Å². The zero-order chi connectivity index (χ0) is 21.6. The van der Waals surface area contributed by atoms with Crippen molar-refractivity contribution in [3.05, 3.63) is 70.8 Å². The molecule has 0 spiro atoms. The van der Waals surface area contributed by atoms with Crippen LogP contribution in [0.1, 0.15) is 42.0 Å². The molecule has 1 radical (unpaired) electrons. The molecule has 0 amide bonds. The number of Topliss-reactive ketones (excluding diaryl/α,β-unsaturated/α-hetero) is 1. The molecule has 1 saturated heterocycles. The average Bonchev–Trinajstić information content (AvgIpc) is 2.72. The maximum absolute atomic E-state index is 13.3. The number of carbonyl (C=O) groups is 2. The first-order chi connectivity index (χ1) is 14.4. The molecule has 2 atom stereocenters. The van der Waals surface area contributed by atoms with Crippen LogP contribution in [0.5, 0.6) is 0 Å². The molecule has 0 saturated carbocycles. The predicted molar refractivity (Wildman–Crippen MR) is 119 cm³/mol. The van der Waals surface area contributed by atoms with Gasteiger partial charge in [0.15, 0.2) is 5.78 Å². The largest absolute Gasteiger partial charge is 0.466 e. The van der Waals surface area contributed by atoms with Gasteiger partial charge in [-0.25, -0.2) is 0 Å². The number of hydrogen-bond donors (Lipinski definition) is 0. The molecular weight excluding hydrogens is 463 g/mol. The van der Waals surface area contributed by atoms with Crippen molar-refractivity contribution in [2.45, 2.75) is 46.6 Å². The van der Waals surface area contributed by atoms with Gasteiger partial charge in [0, 0.05) is 44.7 Å². The van der Waals surface area contributed by atoms with E-state index in [9.17, 15) is 9.59 Å². The van der Waals surface area contributed by atoms with Crippen LogP contribution in [0.4, 0.5) is 0 Å². The summed E-state index contributed by atoms with van der Waals surface area (Å²) in [5, 5.41) is 0. The monoisotopic (exact) mass is 497 g/mol. The summed E-state index contributed by atoms with van der Waals surface area (Å²) in [6.07, 6.45) is 2.24. The minimum atomic E-state index is -0.129. The summed E-state index contributed by atoms with van der Waals surface area (Å²) in [6.45, 7) is 9.22. The molecule has 2 aromatic rings. The third-order valence-corrected chi connectivity index (χ3v) is 6.30. The molecule has 1 heterocycles. The van der Waals surface area contributed by atoms with Gasteiger partial charge in [-0.15, -0.1) is 0 Å². The number of aryl methyl sites for hydroxylation is 2. The smallest absolute Gasteiger partial charge is 0.314 e. The van der Waals surface area contributed by atoms with E-state index in [-0.39, 0.29) is 50.4 Å². The van der Waals surface area contributed by atoms with Crippen LogP contribution >= 0.6 is 0 Å². The number of quaternary nitrogens is 1. The van der Waals surface area contributed by atoms with Crippen molar-refractivity contribution >= 4 is 11.8 Å². The molecule has 1 aliphatic rings. The van der Waals surface area contributed by atoms with E-state index in [1.807, 2.05) is 31.2 Å². The summed E-state index contributed by atoms with van der Waals surface area (Å²) in [4.78, 5) is 25.7. The van der Waals surface area contributed by atoms with Gasteiger partial charge in [-0.05, 0) is 50.3 Å². The third-order valence-electron chi connectivity index (χ3n) is 6.30. The van der Waals surface area contributed by atoms with E-state index in [1.165, 1.54) is 16.7 Å². The summed E-state index contributed by atoms with van der Waals surface area (Å²) in [7, 11) is 0. The molecule has 31 heavy (non-hydrogen) atoms. The van der Waals surface area contributed by atoms with Gasteiger partial charge in [0.2, 0.25) is 0 Å². The number of ether oxygens (including phenoxy) is 1. The van der Waals surface area contributed by atoms with Gasteiger partial charge >= 0.3 is 5.97 Å². The topological polar surface area (TPSA) is 43.4 Å². The zero-order valence-electron chi connectivity index (χ0n) is 19.1. The van der Waals surface area contributed by atoms with Crippen molar-refractivity contribution in [1.82, 2.24) is 0 Å². The Morgan fingerprint density at radius 3 is 2.35 bits per heavy atom. The second-order valence-corrected chi connectivity index (χ2v) is 8.73. The Morgan fingerprint density at radius 2 is 1.71 bits per heavy atom. The molecule has 0 aliphatic carbocycles. The van der Waals surface area contributed by atoms with Crippen LogP contribution in [0, 0.1) is 19.8 Å². The third kappa shape index (κ3) is 7.07. The first-order valence-electron chi connectivity index (χ1n) is 11.0. The molecule has 4 nitrogen and oxygen atoms in total. The fourth-order valence-electron chi connectivity index (χ4n) is 4.84. The quantitative estimate of drug-likeness (QED) is 0.401. The Bertz CT molecular complexity index is 863. The minimum Gasteiger partial charge on any atom is -0.466 e. The van der Waals surface area contributed by atoms with Crippen LogP contribution in [0.3, 0.4) is 0 Å². The number of benzene rings is 2. The summed E-state index contributed by atoms with van der Waals surface area (Å²) in [6, 6.07) is 16.5. The maximum Gasteiger partial charge on any atom is 0.314 e. The van der Waals surface area contributed by atoms with Crippen molar-refractivity contribution in [1.29, 1.82) is 0 Å². The molecule has 0 bridgehead atoms. The molecule has 3 rings (SSSR count). The van der Waals surface area contributed by atoms with E-state index in [4.69, 9.17) is 4.74 Å². The van der Waals surface area contributed by atoms with Crippen molar-refractivity contribution in [2.75, 3.05) is 26.2 Å². The van der Waals surface area contributed by atoms with E-state index in [1.54, 1.807) is 0 Å². The van der Waals surface area contributed by atoms with Crippen molar-refractivity contribution in [2.24, 2.45) is 5.92 Å². The molecule has 2 aromatic carbocycles. The van der Waals surface area contributed by atoms with E-state index in [2.05, 4.69) is 38.1 Å². The van der Waals surface area contributed by atoms with Gasteiger partial charge in [0.1, 0.15) is 19.0 Å². The summed E-state index contributed by atoms with van der Waals surface area (Å²) < 4.78 is 5.96. The summed E-state index contributed by atoms with van der Waals surface area (Å²) in [5.41, 5.74) is 4.68. The Hall–Kier alpha value is -1.36. The molecular formula is C26H34NO3Y+. The van der Waals surface area contributed by atoms with Crippen LogP contribution in [0.2, 0.25) is 0 Å². The molecule has 1 fully saturated rings. The van der Waals surface area contributed by atoms with Gasteiger partial charge in [-0.2, -0.15) is 0 Å². The fraction of sp³-hybridized carbons (Fsp3) is 0.462. The normalized spacial score (nSPS) is 20.5. The van der Waals surface area contributed by atoms with Crippen LogP contribution in [0.25, 0.3) is 0 Å². The van der Waals surface area contributed by atoms with Gasteiger partial charge in [0.05, 0.1) is 19.7 Å². The molecule has 0 aromatic heterocycles. The first-order valence-corrected chi connectivity index (χ1v) is 11.0. The van der Waals surface area contributed by atoms with Crippen molar-refractivity contribution in [3.63, 3.8) is 0 Å². The number of hydrogen-bond acceptors (Lipinski definition) is 3. The number of piperidine rings is 1. The average molecular weight is 497 g/mol. The zero-order valence-corrected chi connectivity index (χ0v) is 21.9. The number of carbonyl (C=O) groups excluding carboxylic acids is 2. The maximum atomic E-state index is 13.3. The first kappa shape index (κ1) is 25.9. The van der Waals surface area contributed by atoms with Crippen molar-refractivity contribution in [3.8, 4) is 0 Å². The molecule has 0 N–H and O–H groups in total. The number of rotatable bonds is 8. The predicted octanol–water partition coefficient (Wildman–Crippen LogP) is 4.40. The number of likely N-dealkylation sites (tertiary alicyclic amines) is 1. The molecule has 2 unspecified atom stereocenters. The molecule has 1 aliphatic heterocycles. The van der Waals surface area contributed by atoms with E-state index >= 15 is 0 Å². The van der Waals surface area contributed by atoms with Crippen LogP contribution in [-0.2, 0) is 60.0 Å². The van der Waals surface area contributed by atoms with Crippen LogP contribution in [-0.4, -0.2) is 42.5 Å². The Kier molecular flexibility index (Phi) is 10.1. The molecule has 163 valence electrons. The summed E-state index contributed by atoms with van der Waals surface area (Å²) in [5.74, 6) is -0.00166. The van der Waals surface area contributed by atoms with Crippen molar-refractivity contribution < 1.29 is 51.5 Å². The van der Waals surface area contributed by atoms with E-state index < -0.39 is 0 Å². The summed E-state index contributed by atoms with van der Waals surface area (Å²) >= 11 is 0. The van der Waals surface area contributed by atoms with E-state index in [0.29, 0.717) is 30.6 Å². The Morgan fingerprint density at radius 1 is 1.03 bits per heavy atom.